The number of sulfonamides is 1. The van der Waals surface area contributed by atoms with E-state index in [0.717, 1.165) is 30.1 Å². The SMILES string of the molecule is CCC[C@H](N=C(SC)SC)C(=O)N1C2CC3CC[C@]2(CS1(=O)=O)C3(C)C. The third-order valence-electron chi connectivity index (χ3n) is 7.09. The Hall–Kier alpha value is -0.210. The molecule has 0 aromatic heterocycles. The maximum absolute atomic E-state index is 13.4. The average Bonchev–Trinajstić information content (AvgIpc) is 3.05. The summed E-state index contributed by atoms with van der Waals surface area (Å²) in [5.74, 6) is 0.331. The maximum atomic E-state index is 13.4. The molecule has 0 aromatic carbocycles. The van der Waals surface area contributed by atoms with Gasteiger partial charge in [-0.05, 0) is 49.5 Å². The summed E-state index contributed by atoms with van der Waals surface area (Å²) >= 11 is 3.01. The highest BCUT2D eigenvalue weighted by Crippen LogP contribution is 2.70. The van der Waals surface area contributed by atoms with Crippen LogP contribution in [0.5, 0.6) is 0 Å². The summed E-state index contributed by atoms with van der Waals surface area (Å²) in [6.07, 6.45) is 8.07. The summed E-state index contributed by atoms with van der Waals surface area (Å²) in [6.45, 7) is 6.42. The molecule has 1 spiro atoms. The molecule has 0 radical (unpaired) electrons. The number of carbonyl (C=O) groups excluding carboxylic acids is 1. The Morgan fingerprint density at radius 3 is 2.50 bits per heavy atom. The van der Waals surface area contributed by atoms with Gasteiger partial charge in [-0.1, -0.05) is 27.2 Å². The molecular weight excluding hydrogens is 388 g/mol. The van der Waals surface area contributed by atoms with E-state index in [1.165, 1.54) is 27.8 Å². The van der Waals surface area contributed by atoms with Gasteiger partial charge in [-0.3, -0.25) is 9.79 Å². The number of amides is 1. The molecule has 1 heterocycles. The van der Waals surface area contributed by atoms with E-state index in [1.807, 2.05) is 19.4 Å². The van der Waals surface area contributed by atoms with Crippen molar-refractivity contribution in [1.29, 1.82) is 0 Å². The largest absolute Gasteiger partial charge is 0.271 e. The minimum absolute atomic E-state index is 0.0208. The molecule has 4 atom stereocenters. The second-order valence-electron chi connectivity index (χ2n) is 8.36. The fourth-order valence-electron chi connectivity index (χ4n) is 5.56. The summed E-state index contributed by atoms with van der Waals surface area (Å²) in [6, 6.07) is -0.766. The normalized spacial score (nSPS) is 34.6. The van der Waals surface area contributed by atoms with Crippen molar-refractivity contribution in [3.8, 4) is 0 Å². The van der Waals surface area contributed by atoms with Gasteiger partial charge in [0, 0.05) is 5.41 Å². The van der Waals surface area contributed by atoms with E-state index in [4.69, 9.17) is 0 Å². The molecule has 5 nitrogen and oxygen atoms in total. The van der Waals surface area contributed by atoms with Crippen LogP contribution in [0, 0.1) is 16.7 Å². The molecule has 1 saturated heterocycles. The lowest BCUT2D eigenvalue weighted by molar-refractivity contribution is -0.130. The van der Waals surface area contributed by atoms with Crippen LogP contribution < -0.4 is 0 Å². The highest BCUT2D eigenvalue weighted by atomic mass is 32.2. The standard InChI is InChI=1S/C18H30N2O3S3/c1-6-7-13(19-16(24-4)25-5)15(21)20-14-10-12-8-9-18(14,17(12,2)3)11-26(20,22)23/h12-14H,6-11H2,1-5H3/t12?,13-,14?,18+/m0/s1. The quantitative estimate of drug-likeness (QED) is 0.515. The molecule has 148 valence electrons. The first-order valence-corrected chi connectivity index (χ1v) is 13.4. The molecule has 3 fully saturated rings. The van der Waals surface area contributed by atoms with Crippen molar-refractivity contribution in [2.45, 2.75) is 65.0 Å². The van der Waals surface area contributed by atoms with Crippen molar-refractivity contribution in [3.63, 3.8) is 0 Å². The van der Waals surface area contributed by atoms with E-state index in [2.05, 4.69) is 18.8 Å². The molecule has 0 N–H and O–H groups in total. The Bertz CT molecular complexity index is 713. The molecule has 1 amide bonds. The minimum atomic E-state index is -3.57. The number of hydrogen-bond donors (Lipinski definition) is 0. The first kappa shape index (κ1) is 20.5. The lowest BCUT2D eigenvalue weighted by Gasteiger charge is -2.37. The van der Waals surface area contributed by atoms with E-state index in [1.54, 1.807) is 0 Å². The fraction of sp³-hybridized carbons (Fsp3) is 0.889. The molecule has 26 heavy (non-hydrogen) atoms. The van der Waals surface area contributed by atoms with E-state index in [-0.39, 0.29) is 28.5 Å². The van der Waals surface area contributed by atoms with Crippen LogP contribution in [0.4, 0.5) is 0 Å². The average molecular weight is 419 g/mol. The van der Waals surface area contributed by atoms with Crippen LogP contribution in [-0.2, 0) is 14.8 Å². The number of carbonyl (C=O) groups is 1. The van der Waals surface area contributed by atoms with Gasteiger partial charge in [0.25, 0.3) is 5.91 Å². The van der Waals surface area contributed by atoms with Crippen molar-refractivity contribution in [2.24, 2.45) is 21.7 Å². The minimum Gasteiger partial charge on any atom is -0.271 e. The van der Waals surface area contributed by atoms with Crippen LogP contribution in [0.2, 0.25) is 0 Å². The highest BCUT2D eigenvalue weighted by molar-refractivity contribution is 8.38. The topological polar surface area (TPSA) is 66.8 Å². The molecule has 2 bridgehead atoms. The van der Waals surface area contributed by atoms with E-state index in [9.17, 15) is 13.2 Å². The second kappa shape index (κ2) is 6.99. The first-order valence-electron chi connectivity index (χ1n) is 9.36. The van der Waals surface area contributed by atoms with Gasteiger partial charge in [-0.25, -0.2) is 12.7 Å². The Morgan fingerprint density at radius 1 is 1.31 bits per heavy atom. The van der Waals surface area contributed by atoms with Gasteiger partial charge in [0.15, 0.2) is 0 Å². The van der Waals surface area contributed by atoms with Crippen LogP contribution in [0.25, 0.3) is 0 Å². The van der Waals surface area contributed by atoms with Gasteiger partial charge in [0.2, 0.25) is 10.0 Å². The Kier molecular flexibility index (Phi) is 5.52. The second-order valence-corrected chi connectivity index (χ2v) is 12.1. The van der Waals surface area contributed by atoms with Gasteiger partial charge in [-0.15, -0.1) is 23.5 Å². The monoisotopic (exact) mass is 418 g/mol. The first-order chi connectivity index (χ1) is 12.1. The van der Waals surface area contributed by atoms with Crippen molar-refractivity contribution in [2.75, 3.05) is 18.3 Å². The lowest BCUT2D eigenvalue weighted by atomic mass is 9.69. The van der Waals surface area contributed by atoms with Gasteiger partial charge in [0.05, 0.1) is 11.8 Å². The predicted molar refractivity (Wildman–Crippen MR) is 111 cm³/mol. The Labute approximate surface area is 166 Å². The zero-order valence-electron chi connectivity index (χ0n) is 16.3. The van der Waals surface area contributed by atoms with Gasteiger partial charge in [0.1, 0.15) is 10.4 Å². The Morgan fingerprint density at radius 2 is 1.96 bits per heavy atom. The summed E-state index contributed by atoms with van der Waals surface area (Å²) in [7, 11) is -3.57. The molecule has 3 aliphatic rings. The third kappa shape index (κ3) is 2.85. The van der Waals surface area contributed by atoms with Crippen LogP contribution in [0.3, 0.4) is 0 Å². The molecule has 3 rings (SSSR count). The van der Waals surface area contributed by atoms with Gasteiger partial charge < -0.3 is 0 Å². The molecule has 8 heteroatoms. The summed E-state index contributed by atoms with van der Waals surface area (Å²) in [5, 5.41) is 0. The number of nitrogens with zero attached hydrogens (tertiary/aromatic N) is 2. The van der Waals surface area contributed by atoms with E-state index < -0.39 is 16.1 Å². The summed E-state index contributed by atoms with van der Waals surface area (Å²) in [4.78, 5) is 18.0. The Balaban J connectivity index is 1.97. The molecule has 2 aliphatic carbocycles. The smallest absolute Gasteiger partial charge is 0.261 e. The van der Waals surface area contributed by atoms with Crippen molar-refractivity contribution in [3.05, 3.63) is 0 Å². The van der Waals surface area contributed by atoms with Crippen LogP contribution >= 0.6 is 23.5 Å². The van der Waals surface area contributed by atoms with E-state index >= 15 is 0 Å². The van der Waals surface area contributed by atoms with Crippen LogP contribution in [-0.4, -0.2) is 53.4 Å². The van der Waals surface area contributed by atoms with Gasteiger partial charge >= 0.3 is 0 Å². The molecule has 0 aromatic rings. The maximum Gasteiger partial charge on any atom is 0.261 e. The summed E-state index contributed by atoms with van der Waals surface area (Å²) < 4.78 is 28.2. The number of aliphatic imine (C=N–C) groups is 1. The predicted octanol–water partition coefficient (Wildman–Crippen LogP) is 3.60. The molecular formula is C18H30N2O3S3. The number of thioether (sulfide) groups is 2. The lowest BCUT2D eigenvalue weighted by Crippen LogP contribution is -2.47. The zero-order chi connectivity index (χ0) is 19.3. The van der Waals surface area contributed by atoms with Crippen molar-refractivity contribution < 1.29 is 13.2 Å². The number of hydrogen-bond acceptors (Lipinski definition) is 6. The fourth-order valence-corrected chi connectivity index (χ4v) is 9.26. The van der Waals surface area contributed by atoms with Gasteiger partial charge in [-0.2, -0.15) is 0 Å². The van der Waals surface area contributed by atoms with E-state index in [0.29, 0.717) is 12.3 Å². The number of fused-ring (bicyclic) bond motifs is 1. The van der Waals surface area contributed by atoms with Crippen LogP contribution in [0.1, 0.15) is 52.9 Å². The molecule has 2 saturated carbocycles. The zero-order valence-corrected chi connectivity index (χ0v) is 18.8. The third-order valence-corrected chi connectivity index (χ3v) is 10.9. The molecule has 2 unspecified atom stereocenters. The molecule has 1 aliphatic heterocycles. The highest BCUT2D eigenvalue weighted by Gasteiger charge is 2.72. The summed E-state index contributed by atoms with van der Waals surface area (Å²) in [5.41, 5.74) is -0.290. The number of rotatable bonds is 4. The van der Waals surface area contributed by atoms with Crippen molar-refractivity contribution >= 4 is 43.8 Å². The van der Waals surface area contributed by atoms with Crippen molar-refractivity contribution in [1.82, 2.24) is 4.31 Å². The van der Waals surface area contributed by atoms with Crippen LogP contribution in [0.15, 0.2) is 4.99 Å².